The summed E-state index contributed by atoms with van der Waals surface area (Å²) in [4.78, 5) is 4.95. The van der Waals surface area contributed by atoms with E-state index in [2.05, 4.69) is 72.2 Å². The first-order chi connectivity index (χ1) is 13.3. The average Bonchev–Trinajstić information content (AvgIpc) is 3.06. The van der Waals surface area contributed by atoms with Crippen molar-refractivity contribution in [2.45, 2.75) is 26.3 Å². The van der Waals surface area contributed by atoms with Crippen molar-refractivity contribution in [1.82, 2.24) is 9.55 Å². The lowest BCUT2D eigenvalue weighted by Crippen LogP contribution is -2.03. The highest BCUT2D eigenvalue weighted by atomic mass is 16.5. The fraction of sp³-hybridized carbons (Fsp3) is 0.208. The molecular weight excluding hydrogens is 332 g/mol. The lowest BCUT2D eigenvalue weighted by Gasteiger charge is -2.11. The maximum Gasteiger partial charge on any atom is 0.141 e. The zero-order valence-corrected chi connectivity index (χ0v) is 15.9. The van der Waals surface area contributed by atoms with E-state index in [0.717, 1.165) is 42.0 Å². The number of ether oxygens (including phenoxy) is 1. The number of hydrogen-bond donors (Lipinski definition) is 0. The van der Waals surface area contributed by atoms with E-state index in [1.165, 1.54) is 16.7 Å². The fourth-order valence-electron chi connectivity index (χ4n) is 3.57. The molecule has 136 valence electrons. The average molecular weight is 356 g/mol. The number of benzene rings is 3. The van der Waals surface area contributed by atoms with Gasteiger partial charge in [-0.25, -0.2) is 4.98 Å². The normalized spacial score (nSPS) is 11.0. The van der Waals surface area contributed by atoms with Gasteiger partial charge < -0.3 is 9.30 Å². The van der Waals surface area contributed by atoms with E-state index in [0.29, 0.717) is 0 Å². The van der Waals surface area contributed by atoms with Gasteiger partial charge in [-0.15, -0.1) is 0 Å². The number of aromatic nitrogens is 2. The van der Waals surface area contributed by atoms with E-state index in [1.807, 2.05) is 12.1 Å². The topological polar surface area (TPSA) is 27.1 Å². The number of hydrogen-bond acceptors (Lipinski definition) is 2. The minimum Gasteiger partial charge on any atom is -0.497 e. The van der Waals surface area contributed by atoms with Crippen LogP contribution in [0.2, 0.25) is 0 Å². The van der Waals surface area contributed by atoms with Gasteiger partial charge in [0, 0.05) is 18.2 Å². The van der Waals surface area contributed by atoms with Crippen LogP contribution in [0.5, 0.6) is 5.75 Å². The zero-order chi connectivity index (χ0) is 18.6. The molecule has 0 N–H and O–H groups in total. The van der Waals surface area contributed by atoms with Crippen molar-refractivity contribution in [2.75, 3.05) is 7.11 Å². The fourth-order valence-corrected chi connectivity index (χ4v) is 3.57. The second-order valence-electron chi connectivity index (χ2n) is 6.85. The van der Waals surface area contributed by atoms with Crippen molar-refractivity contribution < 1.29 is 4.74 Å². The van der Waals surface area contributed by atoms with E-state index >= 15 is 0 Å². The van der Waals surface area contributed by atoms with Crippen molar-refractivity contribution in [2.24, 2.45) is 0 Å². The summed E-state index contributed by atoms with van der Waals surface area (Å²) in [6.45, 7) is 3.06. The predicted molar refractivity (Wildman–Crippen MR) is 111 cm³/mol. The van der Waals surface area contributed by atoms with Crippen LogP contribution in [-0.2, 0) is 13.0 Å². The van der Waals surface area contributed by atoms with Gasteiger partial charge >= 0.3 is 0 Å². The quantitative estimate of drug-likeness (QED) is 0.446. The van der Waals surface area contributed by atoms with Crippen LogP contribution in [0, 0.1) is 6.92 Å². The summed E-state index contributed by atoms with van der Waals surface area (Å²) in [5.41, 5.74) is 5.93. The Bertz CT molecular complexity index is 1050. The van der Waals surface area contributed by atoms with E-state index < -0.39 is 0 Å². The first-order valence-corrected chi connectivity index (χ1v) is 9.40. The largest absolute Gasteiger partial charge is 0.497 e. The Hall–Kier alpha value is -3.07. The van der Waals surface area contributed by atoms with Gasteiger partial charge in [-0.2, -0.15) is 0 Å². The molecule has 3 heteroatoms. The van der Waals surface area contributed by atoms with Gasteiger partial charge in [0.25, 0.3) is 0 Å². The summed E-state index contributed by atoms with van der Waals surface area (Å²) in [5, 5.41) is 0. The summed E-state index contributed by atoms with van der Waals surface area (Å²) in [5.74, 6) is 1.90. The van der Waals surface area contributed by atoms with Crippen LogP contribution in [0.4, 0.5) is 0 Å². The molecule has 0 aliphatic heterocycles. The molecule has 0 radical (unpaired) electrons. The minimum atomic E-state index is 0.864. The van der Waals surface area contributed by atoms with Crippen LogP contribution in [0.1, 0.15) is 17.5 Å². The van der Waals surface area contributed by atoms with Crippen LogP contribution in [-0.4, -0.2) is 16.7 Å². The lowest BCUT2D eigenvalue weighted by atomic mass is 10.1. The SMILES string of the molecule is COc1ccc2nc(-c3ccccc3C)n(CCCc3ccccc3)c2c1. The Labute approximate surface area is 160 Å². The van der Waals surface area contributed by atoms with Gasteiger partial charge in [0.05, 0.1) is 18.1 Å². The molecule has 4 aromatic rings. The van der Waals surface area contributed by atoms with Gasteiger partial charge in [-0.3, -0.25) is 0 Å². The highest BCUT2D eigenvalue weighted by Crippen LogP contribution is 2.29. The first kappa shape index (κ1) is 17.3. The molecule has 0 saturated carbocycles. The van der Waals surface area contributed by atoms with E-state index in [4.69, 9.17) is 9.72 Å². The van der Waals surface area contributed by atoms with Crippen LogP contribution >= 0.6 is 0 Å². The number of imidazole rings is 1. The molecule has 0 atom stereocenters. The van der Waals surface area contributed by atoms with Gasteiger partial charge in [-0.1, -0.05) is 54.6 Å². The van der Waals surface area contributed by atoms with Crippen molar-refractivity contribution in [3.63, 3.8) is 0 Å². The smallest absolute Gasteiger partial charge is 0.141 e. The van der Waals surface area contributed by atoms with Crippen LogP contribution in [0.3, 0.4) is 0 Å². The summed E-state index contributed by atoms with van der Waals surface area (Å²) in [6, 6.07) is 25.2. The van der Waals surface area contributed by atoms with E-state index in [9.17, 15) is 0 Å². The van der Waals surface area contributed by atoms with E-state index in [-0.39, 0.29) is 0 Å². The maximum absolute atomic E-state index is 5.45. The molecule has 0 aliphatic carbocycles. The predicted octanol–water partition coefficient (Wildman–Crippen LogP) is 5.65. The second kappa shape index (κ2) is 7.67. The highest BCUT2D eigenvalue weighted by Gasteiger charge is 2.14. The molecule has 0 fully saturated rings. The van der Waals surface area contributed by atoms with Gasteiger partial charge in [0.1, 0.15) is 11.6 Å². The van der Waals surface area contributed by atoms with Gasteiger partial charge in [0.15, 0.2) is 0 Å². The molecule has 1 aromatic heterocycles. The summed E-state index contributed by atoms with van der Waals surface area (Å²) >= 11 is 0. The van der Waals surface area contributed by atoms with Crippen LogP contribution in [0.25, 0.3) is 22.4 Å². The van der Waals surface area contributed by atoms with Crippen molar-refractivity contribution in [1.29, 1.82) is 0 Å². The first-order valence-electron chi connectivity index (χ1n) is 9.40. The summed E-state index contributed by atoms with van der Waals surface area (Å²) in [7, 11) is 1.71. The van der Waals surface area contributed by atoms with E-state index in [1.54, 1.807) is 7.11 Å². The number of methoxy groups -OCH3 is 1. The van der Waals surface area contributed by atoms with Gasteiger partial charge in [0.2, 0.25) is 0 Å². The van der Waals surface area contributed by atoms with Crippen molar-refractivity contribution in [3.05, 3.63) is 83.9 Å². The highest BCUT2D eigenvalue weighted by molar-refractivity contribution is 5.82. The molecule has 0 aliphatic rings. The molecule has 0 unspecified atom stereocenters. The molecule has 1 heterocycles. The van der Waals surface area contributed by atoms with Crippen LogP contribution in [0.15, 0.2) is 72.8 Å². The molecule has 0 saturated heterocycles. The minimum absolute atomic E-state index is 0.864. The lowest BCUT2D eigenvalue weighted by molar-refractivity contribution is 0.415. The number of rotatable bonds is 6. The Balaban J connectivity index is 1.73. The summed E-state index contributed by atoms with van der Waals surface area (Å²) < 4.78 is 7.79. The Morgan fingerprint density at radius 2 is 1.70 bits per heavy atom. The molecule has 0 bridgehead atoms. The number of aryl methyl sites for hydroxylation is 3. The van der Waals surface area contributed by atoms with Gasteiger partial charge in [-0.05, 0) is 43.0 Å². The second-order valence-corrected chi connectivity index (χ2v) is 6.85. The molecule has 3 aromatic carbocycles. The molecule has 27 heavy (non-hydrogen) atoms. The third-order valence-electron chi connectivity index (χ3n) is 5.03. The maximum atomic E-state index is 5.45. The third kappa shape index (κ3) is 3.59. The third-order valence-corrected chi connectivity index (χ3v) is 5.03. The number of fused-ring (bicyclic) bond motifs is 1. The Kier molecular flexibility index (Phi) is 4.93. The van der Waals surface area contributed by atoms with Crippen molar-refractivity contribution in [3.8, 4) is 17.1 Å². The van der Waals surface area contributed by atoms with Crippen LogP contribution < -0.4 is 4.74 Å². The molecule has 0 spiro atoms. The zero-order valence-electron chi connectivity index (χ0n) is 15.9. The molecule has 4 rings (SSSR count). The van der Waals surface area contributed by atoms with Crippen molar-refractivity contribution >= 4 is 11.0 Å². The monoisotopic (exact) mass is 356 g/mol. The molecule has 0 amide bonds. The number of nitrogens with zero attached hydrogens (tertiary/aromatic N) is 2. The standard InChI is InChI=1S/C24H24N2O/c1-18-9-6-7-13-21(18)24-25-22-15-14-20(27-2)17-23(22)26(24)16-8-12-19-10-4-3-5-11-19/h3-7,9-11,13-15,17H,8,12,16H2,1-2H3. The summed E-state index contributed by atoms with van der Waals surface area (Å²) in [6.07, 6.45) is 2.11. The Morgan fingerprint density at radius 3 is 2.48 bits per heavy atom. The molecular formula is C24H24N2O. The molecule has 3 nitrogen and oxygen atoms in total. The Morgan fingerprint density at radius 1 is 0.926 bits per heavy atom.